The Morgan fingerprint density at radius 2 is 1.37 bits per heavy atom. The quantitative estimate of drug-likeness (QED) is 0.393. The van der Waals surface area contributed by atoms with Crippen molar-refractivity contribution in [3.8, 4) is 0 Å². The van der Waals surface area contributed by atoms with Gasteiger partial charge in [0, 0.05) is 15.7 Å². The number of para-hydroxylation sites is 3. The lowest BCUT2D eigenvalue weighted by molar-refractivity contribution is 0.102. The molecule has 0 atom stereocenters. The van der Waals surface area contributed by atoms with Crippen LogP contribution in [-0.4, -0.2) is 5.91 Å². The van der Waals surface area contributed by atoms with Crippen molar-refractivity contribution >= 4 is 49.7 Å². The smallest absolute Gasteiger partial charge is 0.255 e. The van der Waals surface area contributed by atoms with Gasteiger partial charge in [0.05, 0.1) is 11.4 Å². The summed E-state index contributed by atoms with van der Waals surface area (Å²) < 4.78 is 1.02. The van der Waals surface area contributed by atoms with E-state index in [4.69, 9.17) is 0 Å². The van der Waals surface area contributed by atoms with E-state index in [2.05, 4.69) is 26.6 Å². The minimum absolute atomic E-state index is 0.137. The molecular weight excluding hydrogens is 400 g/mol. The van der Waals surface area contributed by atoms with Crippen molar-refractivity contribution in [3.05, 3.63) is 101 Å². The van der Waals surface area contributed by atoms with Crippen molar-refractivity contribution in [2.75, 3.05) is 10.6 Å². The second kappa shape index (κ2) is 7.64. The second-order valence-electron chi connectivity index (χ2n) is 6.20. The van der Waals surface area contributed by atoms with Crippen LogP contribution in [0.1, 0.15) is 10.4 Å². The molecule has 0 fully saturated rings. The number of anilines is 3. The molecule has 0 radical (unpaired) electrons. The van der Waals surface area contributed by atoms with Gasteiger partial charge in [0.1, 0.15) is 0 Å². The van der Waals surface area contributed by atoms with Gasteiger partial charge in [-0.1, -0.05) is 58.4 Å². The van der Waals surface area contributed by atoms with E-state index in [0.29, 0.717) is 5.56 Å². The maximum absolute atomic E-state index is 12.8. The zero-order valence-corrected chi connectivity index (χ0v) is 16.0. The highest BCUT2D eigenvalue weighted by molar-refractivity contribution is 9.10. The molecule has 0 spiro atoms. The lowest BCUT2D eigenvalue weighted by Gasteiger charge is -2.13. The van der Waals surface area contributed by atoms with Crippen LogP contribution < -0.4 is 10.6 Å². The largest absolute Gasteiger partial charge is 0.354 e. The molecule has 2 N–H and O–H groups in total. The third kappa shape index (κ3) is 4.01. The van der Waals surface area contributed by atoms with Crippen LogP contribution in [0.15, 0.2) is 95.5 Å². The number of benzene rings is 4. The fourth-order valence-corrected chi connectivity index (χ4v) is 3.31. The fourth-order valence-electron chi connectivity index (χ4n) is 2.93. The molecule has 0 heterocycles. The summed E-state index contributed by atoms with van der Waals surface area (Å²) in [5, 5.41) is 8.48. The average Bonchev–Trinajstić information content (AvgIpc) is 2.70. The van der Waals surface area contributed by atoms with Crippen LogP contribution in [0.25, 0.3) is 10.8 Å². The summed E-state index contributed by atoms with van der Waals surface area (Å²) in [6, 6.07) is 29.3. The Hall–Kier alpha value is -3.11. The summed E-state index contributed by atoms with van der Waals surface area (Å²) in [5.74, 6) is -0.137. The van der Waals surface area contributed by atoms with E-state index in [1.54, 1.807) is 0 Å². The van der Waals surface area contributed by atoms with Crippen molar-refractivity contribution < 1.29 is 4.79 Å². The number of nitrogens with one attached hydrogen (secondary N) is 2. The minimum Gasteiger partial charge on any atom is -0.354 e. The number of hydrogen-bond donors (Lipinski definition) is 2. The van der Waals surface area contributed by atoms with Gasteiger partial charge < -0.3 is 10.6 Å². The highest BCUT2D eigenvalue weighted by Crippen LogP contribution is 2.26. The first-order valence-corrected chi connectivity index (χ1v) is 9.40. The van der Waals surface area contributed by atoms with Crippen molar-refractivity contribution in [1.82, 2.24) is 0 Å². The predicted octanol–water partition coefficient (Wildman–Crippen LogP) is 6.60. The summed E-state index contributed by atoms with van der Waals surface area (Å²) in [5.41, 5.74) is 3.18. The van der Waals surface area contributed by atoms with Gasteiger partial charge in [-0.3, -0.25) is 4.79 Å². The van der Waals surface area contributed by atoms with Crippen molar-refractivity contribution in [1.29, 1.82) is 0 Å². The molecule has 4 heteroatoms. The fraction of sp³-hybridized carbons (Fsp3) is 0. The molecule has 4 rings (SSSR count). The zero-order valence-electron chi connectivity index (χ0n) is 14.4. The van der Waals surface area contributed by atoms with Gasteiger partial charge >= 0.3 is 0 Å². The first kappa shape index (κ1) is 17.3. The Morgan fingerprint density at radius 1 is 0.704 bits per heavy atom. The summed E-state index contributed by atoms with van der Waals surface area (Å²) in [6.07, 6.45) is 0. The van der Waals surface area contributed by atoms with E-state index in [1.807, 2.05) is 91.0 Å². The molecule has 132 valence electrons. The first-order chi connectivity index (χ1) is 13.2. The van der Waals surface area contributed by atoms with Gasteiger partial charge in [0.25, 0.3) is 5.91 Å². The van der Waals surface area contributed by atoms with Crippen molar-refractivity contribution in [2.45, 2.75) is 0 Å². The molecule has 0 aliphatic rings. The number of carbonyl (C=O) groups excluding carboxylic acids is 1. The molecule has 0 aliphatic carbocycles. The number of amides is 1. The van der Waals surface area contributed by atoms with E-state index in [1.165, 1.54) is 0 Å². The topological polar surface area (TPSA) is 41.1 Å². The summed E-state index contributed by atoms with van der Waals surface area (Å²) in [4.78, 5) is 12.8. The normalized spacial score (nSPS) is 10.6. The number of halogens is 1. The molecule has 0 aliphatic heterocycles. The minimum atomic E-state index is -0.137. The second-order valence-corrected chi connectivity index (χ2v) is 7.11. The van der Waals surface area contributed by atoms with Crippen LogP contribution >= 0.6 is 15.9 Å². The molecule has 3 nitrogen and oxygen atoms in total. The highest BCUT2D eigenvalue weighted by atomic mass is 79.9. The molecule has 0 unspecified atom stereocenters. The molecule has 1 amide bonds. The number of hydrogen-bond acceptors (Lipinski definition) is 2. The molecule has 0 saturated heterocycles. The van der Waals surface area contributed by atoms with Gasteiger partial charge in [0.15, 0.2) is 0 Å². The molecule has 0 saturated carbocycles. The Bertz CT molecular complexity index is 1110. The maximum atomic E-state index is 12.8. The Morgan fingerprint density at radius 3 is 2.19 bits per heavy atom. The summed E-state index contributed by atoms with van der Waals surface area (Å²) in [7, 11) is 0. The van der Waals surface area contributed by atoms with Crippen LogP contribution in [-0.2, 0) is 0 Å². The van der Waals surface area contributed by atoms with E-state index in [-0.39, 0.29) is 5.91 Å². The molecule has 0 aromatic heterocycles. The van der Waals surface area contributed by atoms with Gasteiger partial charge in [-0.15, -0.1) is 0 Å². The van der Waals surface area contributed by atoms with Crippen LogP contribution in [0.2, 0.25) is 0 Å². The third-order valence-electron chi connectivity index (χ3n) is 4.29. The highest BCUT2D eigenvalue weighted by Gasteiger charge is 2.10. The Balaban J connectivity index is 1.59. The zero-order chi connectivity index (χ0) is 18.6. The Kier molecular flexibility index (Phi) is 4.90. The number of carbonyl (C=O) groups is 1. The van der Waals surface area contributed by atoms with Crippen molar-refractivity contribution in [3.63, 3.8) is 0 Å². The van der Waals surface area contributed by atoms with Crippen LogP contribution in [0.3, 0.4) is 0 Å². The summed E-state index contributed by atoms with van der Waals surface area (Å²) in [6.45, 7) is 0. The average molecular weight is 417 g/mol. The van der Waals surface area contributed by atoms with Crippen LogP contribution in [0.4, 0.5) is 17.1 Å². The van der Waals surface area contributed by atoms with Crippen LogP contribution in [0.5, 0.6) is 0 Å². The lowest BCUT2D eigenvalue weighted by atomic mass is 10.1. The van der Waals surface area contributed by atoms with Gasteiger partial charge in [-0.2, -0.15) is 0 Å². The number of rotatable bonds is 4. The molecular formula is C23H17BrN2O. The van der Waals surface area contributed by atoms with Crippen LogP contribution in [0, 0.1) is 0 Å². The maximum Gasteiger partial charge on any atom is 0.255 e. The van der Waals surface area contributed by atoms with E-state index in [0.717, 1.165) is 32.3 Å². The third-order valence-corrected chi connectivity index (χ3v) is 4.79. The van der Waals surface area contributed by atoms with Crippen molar-refractivity contribution in [2.24, 2.45) is 0 Å². The first-order valence-electron chi connectivity index (χ1n) is 8.61. The monoisotopic (exact) mass is 416 g/mol. The van der Waals surface area contributed by atoms with Gasteiger partial charge in [0.2, 0.25) is 0 Å². The molecule has 4 aromatic carbocycles. The predicted molar refractivity (Wildman–Crippen MR) is 116 cm³/mol. The van der Waals surface area contributed by atoms with E-state index in [9.17, 15) is 4.79 Å². The lowest BCUT2D eigenvalue weighted by Crippen LogP contribution is -2.13. The molecule has 4 aromatic rings. The standard InChI is InChI=1S/C23H17BrN2O/c24-19-13-12-16-14-18(11-10-17(16)15-19)23(27)26-22-9-5-4-8-21(22)25-20-6-2-1-3-7-20/h1-15,25H,(H,26,27). The molecule has 0 bridgehead atoms. The SMILES string of the molecule is O=C(Nc1ccccc1Nc1ccccc1)c1ccc2cc(Br)ccc2c1. The summed E-state index contributed by atoms with van der Waals surface area (Å²) >= 11 is 3.47. The van der Waals surface area contributed by atoms with E-state index < -0.39 is 0 Å². The van der Waals surface area contributed by atoms with E-state index >= 15 is 0 Å². The number of fused-ring (bicyclic) bond motifs is 1. The Labute approximate surface area is 166 Å². The van der Waals surface area contributed by atoms with Gasteiger partial charge in [-0.05, 0) is 59.3 Å². The molecule has 27 heavy (non-hydrogen) atoms. The van der Waals surface area contributed by atoms with Gasteiger partial charge in [-0.25, -0.2) is 0 Å².